The van der Waals surface area contributed by atoms with Gasteiger partial charge in [-0.15, -0.1) is 11.8 Å². The Balaban J connectivity index is 2.10. The molecule has 0 heterocycles. The van der Waals surface area contributed by atoms with Crippen LogP contribution in [0.4, 0.5) is 0 Å². The van der Waals surface area contributed by atoms with Crippen LogP contribution in [0, 0.1) is 0 Å². The van der Waals surface area contributed by atoms with E-state index in [4.69, 9.17) is 14.2 Å². The fraction of sp³-hybridized carbons (Fsp3) is 0.278. The maximum absolute atomic E-state index is 12.0. The maximum Gasteiger partial charge on any atom is 0.341 e. The van der Waals surface area contributed by atoms with Gasteiger partial charge in [-0.05, 0) is 42.8 Å². The number of methoxy groups -OCH3 is 2. The molecule has 0 spiro atoms. The minimum atomic E-state index is -0.365. The number of ether oxygens (including phenoxy) is 3. The van der Waals surface area contributed by atoms with Gasteiger partial charge in [-0.2, -0.15) is 0 Å². The Hall–Kier alpha value is -2.14. The van der Waals surface area contributed by atoms with Crippen molar-refractivity contribution in [2.45, 2.75) is 17.6 Å². The van der Waals surface area contributed by atoms with Crippen LogP contribution in [0.5, 0.6) is 11.5 Å². The average Bonchev–Trinajstić information content (AvgIpc) is 2.60. The third-order valence-electron chi connectivity index (χ3n) is 3.23. The van der Waals surface area contributed by atoms with Gasteiger partial charge in [-0.25, -0.2) is 4.79 Å². The van der Waals surface area contributed by atoms with E-state index in [1.165, 1.54) is 5.56 Å². The standard InChI is InChI=1S/C18H20O4S/c1-4-22-18(19)16-11-15(9-10-17(16)21-3)23-12-13-5-7-14(20-2)8-6-13/h5-11H,4,12H2,1-3H3. The van der Waals surface area contributed by atoms with Crippen molar-refractivity contribution >= 4 is 17.7 Å². The quantitative estimate of drug-likeness (QED) is 0.562. The largest absolute Gasteiger partial charge is 0.497 e. The monoisotopic (exact) mass is 332 g/mol. The molecule has 0 radical (unpaired) electrons. The first-order valence-corrected chi connectivity index (χ1v) is 8.27. The fourth-order valence-electron chi connectivity index (χ4n) is 2.03. The summed E-state index contributed by atoms with van der Waals surface area (Å²) in [5, 5.41) is 0. The lowest BCUT2D eigenvalue weighted by atomic mass is 10.2. The van der Waals surface area contributed by atoms with Crippen LogP contribution in [0.2, 0.25) is 0 Å². The Bertz CT molecular complexity index is 653. The molecule has 23 heavy (non-hydrogen) atoms. The second-order valence-electron chi connectivity index (χ2n) is 4.72. The number of thioether (sulfide) groups is 1. The van der Waals surface area contributed by atoms with Gasteiger partial charge in [0.2, 0.25) is 0 Å². The molecule has 4 nitrogen and oxygen atoms in total. The van der Waals surface area contributed by atoms with Crippen molar-refractivity contribution in [2.24, 2.45) is 0 Å². The first kappa shape index (κ1) is 17.2. The molecule has 2 rings (SSSR count). The van der Waals surface area contributed by atoms with Crippen LogP contribution in [-0.2, 0) is 10.5 Å². The number of hydrogen-bond acceptors (Lipinski definition) is 5. The van der Waals surface area contributed by atoms with E-state index in [-0.39, 0.29) is 5.97 Å². The van der Waals surface area contributed by atoms with E-state index in [0.717, 1.165) is 16.4 Å². The van der Waals surface area contributed by atoms with Crippen LogP contribution in [-0.4, -0.2) is 26.8 Å². The van der Waals surface area contributed by atoms with Crippen LogP contribution >= 0.6 is 11.8 Å². The van der Waals surface area contributed by atoms with Crippen molar-refractivity contribution in [2.75, 3.05) is 20.8 Å². The molecule has 0 aromatic heterocycles. The third kappa shape index (κ3) is 4.66. The molecule has 0 saturated heterocycles. The molecule has 0 unspecified atom stereocenters. The molecule has 0 N–H and O–H groups in total. The summed E-state index contributed by atoms with van der Waals surface area (Å²) in [6.45, 7) is 2.12. The molecule has 0 aliphatic rings. The second kappa shape index (κ2) is 8.48. The van der Waals surface area contributed by atoms with E-state index in [1.807, 2.05) is 36.4 Å². The van der Waals surface area contributed by atoms with Crippen LogP contribution in [0.25, 0.3) is 0 Å². The van der Waals surface area contributed by atoms with Crippen LogP contribution < -0.4 is 9.47 Å². The first-order valence-electron chi connectivity index (χ1n) is 7.28. The molecular formula is C18H20O4S. The zero-order valence-electron chi connectivity index (χ0n) is 13.5. The van der Waals surface area contributed by atoms with Crippen LogP contribution in [0.3, 0.4) is 0 Å². The molecule has 2 aromatic carbocycles. The summed E-state index contributed by atoms with van der Waals surface area (Å²) in [7, 11) is 3.19. The number of rotatable bonds is 7. The topological polar surface area (TPSA) is 44.8 Å². The van der Waals surface area contributed by atoms with E-state index >= 15 is 0 Å². The van der Waals surface area contributed by atoms with Gasteiger partial charge in [0.05, 0.1) is 20.8 Å². The first-order chi connectivity index (χ1) is 11.2. The zero-order chi connectivity index (χ0) is 16.7. The minimum absolute atomic E-state index is 0.338. The number of carbonyl (C=O) groups excluding carboxylic acids is 1. The van der Waals surface area contributed by atoms with Gasteiger partial charge in [0.1, 0.15) is 17.1 Å². The average molecular weight is 332 g/mol. The van der Waals surface area contributed by atoms with E-state index in [2.05, 4.69) is 0 Å². The van der Waals surface area contributed by atoms with Gasteiger partial charge in [0.25, 0.3) is 0 Å². The molecule has 0 amide bonds. The molecule has 2 aromatic rings. The van der Waals surface area contributed by atoms with E-state index < -0.39 is 0 Å². The molecular weight excluding hydrogens is 312 g/mol. The number of esters is 1. The molecule has 0 aliphatic heterocycles. The van der Waals surface area contributed by atoms with E-state index in [0.29, 0.717) is 17.9 Å². The summed E-state index contributed by atoms with van der Waals surface area (Å²) < 4.78 is 15.5. The molecule has 0 bridgehead atoms. The summed E-state index contributed by atoms with van der Waals surface area (Å²) in [5.74, 6) is 1.81. The van der Waals surface area contributed by atoms with Gasteiger partial charge in [0.15, 0.2) is 0 Å². The predicted octanol–water partition coefficient (Wildman–Crippen LogP) is 4.17. The highest BCUT2D eigenvalue weighted by Gasteiger charge is 2.14. The Labute approximate surface area is 140 Å². The predicted molar refractivity (Wildman–Crippen MR) is 91.5 cm³/mol. The number of carbonyl (C=O) groups is 1. The van der Waals surface area contributed by atoms with Crippen molar-refractivity contribution < 1.29 is 19.0 Å². The minimum Gasteiger partial charge on any atom is -0.497 e. The lowest BCUT2D eigenvalue weighted by Gasteiger charge is -2.10. The number of hydrogen-bond donors (Lipinski definition) is 0. The van der Waals surface area contributed by atoms with Gasteiger partial charge >= 0.3 is 5.97 Å². The summed E-state index contributed by atoms with van der Waals surface area (Å²) in [4.78, 5) is 13.0. The van der Waals surface area contributed by atoms with Gasteiger partial charge < -0.3 is 14.2 Å². The molecule has 0 fully saturated rings. The molecule has 0 saturated carbocycles. The Morgan fingerprint density at radius 1 is 1.04 bits per heavy atom. The normalized spacial score (nSPS) is 10.2. The van der Waals surface area contributed by atoms with E-state index in [1.54, 1.807) is 39.0 Å². The van der Waals surface area contributed by atoms with Crippen LogP contribution in [0.1, 0.15) is 22.8 Å². The SMILES string of the molecule is CCOC(=O)c1cc(SCc2ccc(OC)cc2)ccc1OC. The van der Waals surface area contributed by atoms with Crippen molar-refractivity contribution in [3.63, 3.8) is 0 Å². The molecule has 0 aliphatic carbocycles. The highest BCUT2D eigenvalue weighted by molar-refractivity contribution is 7.98. The summed E-state index contributed by atoms with van der Waals surface area (Å²) in [5.41, 5.74) is 1.64. The third-order valence-corrected chi connectivity index (χ3v) is 4.30. The number of benzene rings is 2. The fourth-order valence-corrected chi connectivity index (χ4v) is 2.92. The van der Waals surface area contributed by atoms with Crippen molar-refractivity contribution in [1.82, 2.24) is 0 Å². The Kier molecular flexibility index (Phi) is 6.35. The maximum atomic E-state index is 12.0. The lowest BCUT2D eigenvalue weighted by molar-refractivity contribution is 0.0522. The Morgan fingerprint density at radius 3 is 2.39 bits per heavy atom. The molecule has 5 heteroatoms. The summed E-state index contributed by atoms with van der Waals surface area (Å²) >= 11 is 1.65. The summed E-state index contributed by atoms with van der Waals surface area (Å²) in [6.07, 6.45) is 0. The van der Waals surface area contributed by atoms with Gasteiger partial charge in [0, 0.05) is 10.6 Å². The summed E-state index contributed by atoms with van der Waals surface area (Å²) in [6, 6.07) is 13.5. The lowest BCUT2D eigenvalue weighted by Crippen LogP contribution is -2.06. The van der Waals surface area contributed by atoms with Crippen molar-refractivity contribution in [3.8, 4) is 11.5 Å². The van der Waals surface area contributed by atoms with Crippen LogP contribution in [0.15, 0.2) is 47.4 Å². The highest BCUT2D eigenvalue weighted by Crippen LogP contribution is 2.29. The smallest absolute Gasteiger partial charge is 0.341 e. The van der Waals surface area contributed by atoms with Gasteiger partial charge in [-0.3, -0.25) is 0 Å². The van der Waals surface area contributed by atoms with Gasteiger partial charge in [-0.1, -0.05) is 12.1 Å². The molecule has 0 atom stereocenters. The van der Waals surface area contributed by atoms with Crippen molar-refractivity contribution in [3.05, 3.63) is 53.6 Å². The molecule has 122 valence electrons. The van der Waals surface area contributed by atoms with E-state index in [9.17, 15) is 4.79 Å². The zero-order valence-corrected chi connectivity index (χ0v) is 14.3. The van der Waals surface area contributed by atoms with Crippen molar-refractivity contribution in [1.29, 1.82) is 0 Å². The second-order valence-corrected chi connectivity index (χ2v) is 5.77. The highest BCUT2D eigenvalue weighted by atomic mass is 32.2. The Morgan fingerprint density at radius 2 is 1.78 bits per heavy atom.